The zero-order valence-corrected chi connectivity index (χ0v) is 19.0. The van der Waals surface area contributed by atoms with Crippen molar-refractivity contribution in [1.82, 2.24) is 19.7 Å². The highest BCUT2D eigenvalue weighted by Gasteiger charge is 2.32. The van der Waals surface area contributed by atoms with Crippen LogP contribution in [0.1, 0.15) is 31.9 Å². The molecule has 3 aromatic rings. The van der Waals surface area contributed by atoms with Gasteiger partial charge in [-0.25, -0.2) is 4.79 Å². The minimum atomic E-state index is -0.964. The van der Waals surface area contributed by atoms with Crippen molar-refractivity contribution in [3.8, 4) is 11.1 Å². The van der Waals surface area contributed by atoms with E-state index in [1.807, 2.05) is 35.4 Å². The lowest BCUT2D eigenvalue weighted by molar-refractivity contribution is -0.117. The molecule has 0 saturated heterocycles. The Kier molecular flexibility index (Phi) is 6.30. The second kappa shape index (κ2) is 9.32. The third-order valence-corrected chi connectivity index (χ3v) is 5.98. The predicted octanol–water partition coefficient (Wildman–Crippen LogP) is 3.85. The van der Waals surface area contributed by atoms with Crippen LogP contribution in [0.3, 0.4) is 0 Å². The highest BCUT2D eigenvalue weighted by molar-refractivity contribution is 5.94. The molecule has 0 spiro atoms. The molecule has 2 amide bonds. The summed E-state index contributed by atoms with van der Waals surface area (Å²) in [6, 6.07) is 10.1. The molecule has 1 aliphatic heterocycles. The fourth-order valence-corrected chi connectivity index (χ4v) is 4.29. The number of nitrogens with one attached hydrogen (secondary N) is 1. The molecule has 0 fully saturated rings. The monoisotopic (exact) mass is 448 g/mol. The number of aromatic nitrogens is 3. The number of likely N-dealkylation sites (N-methyl/N-ethyl adjacent to an activating group) is 1. The summed E-state index contributed by atoms with van der Waals surface area (Å²) in [5.74, 6) is 0.0201. The van der Waals surface area contributed by atoms with Gasteiger partial charge in [0, 0.05) is 56.4 Å². The topological polar surface area (TPSA) is 104 Å². The minimum Gasteiger partial charge on any atom is -0.465 e. The van der Waals surface area contributed by atoms with Gasteiger partial charge in [-0.1, -0.05) is 6.07 Å². The molecule has 9 nitrogen and oxygen atoms in total. The van der Waals surface area contributed by atoms with Crippen molar-refractivity contribution in [2.24, 2.45) is 0 Å². The van der Waals surface area contributed by atoms with Crippen LogP contribution in [0.4, 0.5) is 16.2 Å². The van der Waals surface area contributed by atoms with Gasteiger partial charge in [0.15, 0.2) is 0 Å². The maximum absolute atomic E-state index is 12.4. The molecule has 0 unspecified atom stereocenters. The quantitative estimate of drug-likeness (QED) is 0.594. The highest BCUT2D eigenvalue weighted by Crippen LogP contribution is 2.41. The summed E-state index contributed by atoms with van der Waals surface area (Å²) in [7, 11) is 1.54. The average Bonchev–Trinajstić information content (AvgIpc) is 3.26. The highest BCUT2D eigenvalue weighted by atomic mass is 16.4. The van der Waals surface area contributed by atoms with E-state index in [1.54, 1.807) is 30.2 Å². The molecule has 0 radical (unpaired) electrons. The van der Waals surface area contributed by atoms with Crippen molar-refractivity contribution in [3.63, 3.8) is 0 Å². The van der Waals surface area contributed by atoms with Crippen LogP contribution in [0.25, 0.3) is 11.1 Å². The first-order chi connectivity index (χ1) is 15.8. The van der Waals surface area contributed by atoms with Crippen LogP contribution in [0.15, 0.2) is 55.1 Å². The van der Waals surface area contributed by atoms with Crippen LogP contribution in [-0.2, 0) is 11.3 Å². The lowest BCUT2D eigenvalue weighted by atomic mass is 9.89. The number of anilines is 2. The van der Waals surface area contributed by atoms with E-state index in [2.05, 4.69) is 28.4 Å². The summed E-state index contributed by atoms with van der Waals surface area (Å²) in [5, 5.41) is 17.0. The van der Waals surface area contributed by atoms with Gasteiger partial charge in [-0.3, -0.25) is 14.5 Å². The molecular weight excluding hydrogens is 420 g/mol. The van der Waals surface area contributed by atoms with Gasteiger partial charge in [0.1, 0.15) is 0 Å². The molecule has 33 heavy (non-hydrogen) atoms. The van der Waals surface area contributed by atoms with Crippen LogP contribution >= 0.6 is 0 Å². The molecule has 172 valence electrons. The van der Waals surface area contributed by atoms with Crippen LogP contribution in [-0.4, -0.2) is 56.4 Å². The first-order valence-corrected chi connectivity index (χ1v) is 10.9. The summed E-state index contributed by atoms with van der Waals surface area (Å²) < 4.78 is 1.74. The molecule has 2 aromatic heterocycles. The zero-order valence-electron chi connectivity index (χ0n) is 19.0. The Morgan fingerprint density at radius 1 is 1.24 bits per heavy atom. The second-order valence-corrected chi connectivity index (χ2v) is 8.38. The number of hydrogen-bond acceptors (Lipinski definition) is 5. The standard InChI is InChI=1S/C24H28N6O3/c1-16-11-22(27-20-5-4-8-25-14-20)21-12-18(6-7-23(21)30(16)17(2)31)19-13-26-29(15-19)10-9-28(3)24(32)33/h4-8,12-16,22,27H,9-11H2,1-3H3,(H,32,33)/t16-,22+/m0/s1. The number of amides is 2. The summed E-state index contributed by atoms with van der Waals surface area (Å²) in [6.45, 7) is 4.48. The number of nitrogens with zero attached hydrogens (tertiary/aromatic N) is 5. The van der Waals surface area contributed by atoms with E-state index in [0.29, 0.717) is 13.1 Å². The van der Waals surface area contributed by atoms with Gasteiger partial charge >= 0.3 is 6.09 Å². The van der Waals surface area contributed by atoms with Gasteiger partial charge in [0.25, 0.3) is 0 Å². The lowest BCUT2D eigenvalue weighted by Crippen LogP contribution is -2.43. The summed E-state index contributed by atoms with van der Waals surface area (Å²) >= 11 is 0. The van der Waals surface area contributed by atoms with E-state index in [0.717, 1.165) is 34.5 Å². The molecule has 9 heteroatoms. The van der Waals surface area contributed by atoms with Crippen LogP contribution in [0.2, 0.25) is 0 Å². The Balaban J connectivity index is 1.64. The van der Waals surface area contributed by atoms with Crippen molar-refractivity contribution in [2.75, 3.05) is 23.8 Å². The largest absolute Gasteiger partial charge is 0.465 e. The van der Waals surface area contributed by atoms with Crippen molar-refractivity contribution in [2.45, 2.75) is 38.9 Å². The van der Waals surface area contributed by atoms with Crippen molar-refractivity contribution >= 4 is 23.4 Å². The van der Waals surface area contributed by atoms with Crippen molar-refractivity contribution in [3.05, 3.63) is 60.7 Å². The number of carboxylic acid groups (broad SMARTS) is 1. The number of carbonyl (C=O) groups is 2. The van der Waals surface area contributed by atoms with E-state index in [-0.39, 0.29) is 18.0 Å². The maximum atomic E-state index is 12.4. The third kappa shape index (κ3) is 4.82. The Bertz CT molecular complexity index is 1150. The van der Waals surface area contributed by atoms with Crippen LogP contribution in [0.5, 0.6) is 0 Å². The van der Waals surface area contributed by atoms with Crippen molar-refractivity contribution < 1.29 is 14.7 Å². The summed E-state index contributed by atoms with van der Waals surface area (Å²) in [4.78, 5) is 30.7. The zero-order chi connectivity index (χ0) is 23.5. The average molecular weight is 449 g/mol. The Labute approximate surface area is 192 Å². The molecular formula is C24H28N6O3. The lowest BCUT2D eigenvalue weighted by Gasteiger charge is -2.39. The minimum absolute atomic E-state index is 0.0201. The van der Waals surface area contributed by atoms with E-state index in [4.69, 9.17) is 5.11 Å². The van der Waals surface area contributed by atoms with E-state index < -0.39 is 6.09 Å². The normalized spacial score (nSPS) is 17.4. The van der Waals surface area contributed by atoms with E-state index >= 15 is 0 Å². The first kappa shape index (κ1) is 22.3. The van der Waals surface area contributed by atoms with Crippen molar-refractivity contribution in [1.29, 1.82) is 0 Å². The van der Waals surface area contributed by atoms with Gasteiger partial charge in [0.2, 0.25) is 5.91 Å². The third-order valence-electron chi connectivity index (χ3n) is 5.98. The maximum Gasteiger partial charge on any atom is 0.407 e. The smallest absolute Gasteiger partial charge is 0.407 e. The van der Waals surface area contributed by atoms with Gasteiger partial charge in [-0.2, -0.15) is 5.10 Å². The number of fused-ring (bicyclic) bond motifs is 1. The molecule has 1 aromatic carbocycles. The molecule has 0 saturated carbocycles. The molecule has 3 heterocycles. The van der Waals surface area contributed by atoms with Gasteiger partial charge in [-0.05, 0) is 48.7 Å². The number of benzene rings is 1. The molecule has 2 N–H and O–H groups in total. The molecule has 2 atom stereocenters. The molecule has 0 bridgehead atoms. The Hall–Kier alpha value is -3.88. The number of pyridine rings is 1. The Morgan fingerprint density at radius 3 is 2.76 bits per heavy atom. The van der Waals surface area contributed by atoms with E-state index in [9.17, 15) is 9.59 Å². The van der Waals surface area contributed by atoms with Crippen LogP contribution in [0, 0.1) is 0 Å². The number of rotatable bonds is 6. The fourth-order valence-electron chi connectivity index (χ4n) is 4.29. The van der Waals surface area contributed by atoms with Gasteiger partial charge in [-0.15, -0.1) is 0 Å². The number of carbonyl (C=O) groups excluding carboxylic acids is 1. The second-order valence-electron chi connectivity index (χ2n) is 8.38. The SMILES string of the molecule is CC(=O)N1c2ccc(-c3cnn(CCN(C)C(=O)O)c3)cc2[C@H](Nc2cccnc2)C[C@@H]1C. The molecule has 1 aliphatic rings. The van der Waals surface area contributed by atoms with Gasteiger partial charge in [0.05, 0.1) is 24.5 Å². The molecule has 4 rings (SSSR count). The summed E-state index contributed by atoms with van der Waals surface area (Å²) in [6.07, 6.45) is 7.03. The molecule has 0 aliphatic carbocycles. The van der Waals surface area contributed by atoms with Gasteiger partial charge < -0.3 is 20.2 Å². The number of hydrogen-bond donors (Lipinski definition) is 2. The fraction of sp³-hybridized carbons (Fsp3) is 0.333. The predicted molar refractivity (Wildman–Crippen MR) is 126 cm³/mol. The van der Waals surface area contributed by atoms with Crippen LogP contribution < -0.4 is 10.2 Å². The Morgan fingerprint density at radius 2 is 2.06 bits per heavy atom. The first-order valence-electron chi connectivity index (χ1n) is 10.9. The van der Waals surface area contributed by atoms with E-state index in [1.165, 1.54) is 11.9 Å². The summed E-state index contributed by atoms with van der Waals surface area (Å²) in [5.41, 5.74) is 4.80.